The molecule has 0 aliphatic heterocycles. The fourth-order valence-corrected chi connectivity index (χ4v) is 4.59. The Morgan fingerprint density at radius 3 is 1.42 bits per heavy atom. The molecule has 0 atom stereocenters. The van der Waals surface area contributed by atoms with Crippen molar-refractivity contribution in [1.82, 2.24) is 0 Å². The Morgan fingerprint density at radius 1 is 0.750 bits per heavy atom. The van der Waals surface area contributed by atoms with Crippen molar-refractivity contribution < 1.29 is 44.1 Å². The lowest BCUT2D eigenvalue weighted by Gasteiger charge is -2.31. The molecule has 1 nitrogen and oxygen atoms in total. The monoisotopic (exact) mass is 563 g/mol. The molecule has 36 heavy (non-hydrogen) atoms. The number of benzene rings is 2. The van der Waals surface area contributed by atoms with Crippen molar-refractivity contribution in [3.8, 4) is 0 Å². The van der Waals surface area contributed by atoms with Crippen molar-refractivity contribution in [2.75, 3.05) is 0 Å². The van der Waals surface area contributed by atoms with Crippen LogP contribution in [-0.4, -0.2) is 27.8 Å². The van der Waals surface area contributed by atoms with E-state index in [-0.39, 0.29) is 10.9 Å². The molecule has 0 saturated carbocycles. The second-order valence-corrected chi connectivity index (χ2v) is 8.92. The molecule has 2 aromatic rings. The molecule has 0 aliphatic carbocycles. The first-order chi connectivity index (χ1) is 16.7. The second-order valence-electron chi connectivity index (χ2n) is 6.20. The van der Waals surface area contributed by atoms with Gasteiger partial charge in [-0.15, -0.1) is 0 Å². The lowest BCUT2D eigenvalue weighted by Crippen LogP contribution is -2.59. The Kier molecular flexibility index (Phi) is 13.5. The van der Waals surface area contributed by atoms with Crippen LogP contribution in [-0.2, 0) is 10.9 Å². The van der Waals surface area contributed by atoms with Gasteiger partial charge in [0.05, 0.1) is 22.9 Å². The molecule has 0 fully saturated rings. The zero-order valence-electron chi connectivity index (χ0n) is 19.1. The van der Waals surface area contributed by atoms with Crippen LogP contribution in [0.3, 0.4) is 0 Å². The van der Waals surface area contributed by atoms with E-state index in [1.807, 2.05) is 44.2 Å². The van der Waals surface area contributed by atoms with E-state index < -0.39 is 35.3 Å². The smallest absolute Gasteiger partial charge is 0.325 e. The van der Waals surface area contributed by atoms with Gasteiger partial charge in [0, 0.05) is 0 Å². The molecule has 200 valence electrons. The van der Waals surface area contributed by atoms with Crippen LogP contribution < -0.4 is 0 Å². The Bertz CT molecular complexity index is 921. The number of hydrogen-bond acceptors (Lipinski definition) is 2. The third-order valence-electron chi connectivity index (χ3n) is 3.91. The van der Waals surface area contributed by atoms with Crippen LogP contribution in [0.25, 0.3) is 0 Å². The minimum atomic E-state index is -6.95. The van der Waals surface area contributed by atoms with Crippen LogP contribution in [0, 0.1) is 0 Å². The van der Waals surface area contributed by atoms with Crippen molar-refractivity contribution in [3.63, 3.8) is 0 Å². The van der Waals surface area contributed by atoms with Crippen molar-refractivity contribution in [3.05, 3.63) is 97.0 Å². The summed E-state index contributed by atoms with van der Waals surface area (Å²) in [4.78, 5) is 3.77. The van der Waals surface area contributed by atoms with Gasteiger partial charge >= 0.3 is 23.3 Å². The summed E-state index contributed by atoms with van der Waals surface area (Å²) in [6.07, 6.45) is -1.07. The highest BCUT2D eigenvalue weighted by atomic mass is 32.2. The quantitative estimate of drug-likeness (QED) is 0.149. The van der Waals surface area contributed by atoms with Crippen LogP contribution >= 0.6 is 12.0 Å². The van der Waals surface area contributed by atoms with E-state index >= 15 is 0 Å². The predicted octanol–water partition coefficient (Wildman–Crippen LogP) is 9.62. The minimum absolute atomic E-state index is 0.117. The van der Waals surface area contributed by atoms with Gasteiger partial charge in [-0.3, -0.25) is 0 Å². The van der Waals surface area contributed by atoms with Gasteiger partial charge in [-0.1, -0.05) is 69.5 Å². The molecule has 0 aromatic heterocycles. The van der Waals surface area contributed by atoms with Crippen LogP contribution in [0.15, 0.2) is 107 Å². The van der Waals surface area contributed by atoms with Gasteiger partial charge in [-0.25, -0.2) is 0 Å². The highest BCUT2D eigenvalue weighted by molar-refractivity contribution is 8.00. The third-order valence-corrected chi connectivity index (χ3v) is 6.65. The molecule has 0 bridgehead atoms. The van der Waals surface area contributed by atoms with Crippen molar-refractivity contribution in [1.29, 1.82) is 0 Å². The zero-order chi connectivity index (χ0) is 28.2. The van der Waals surface area contributed by atoms with Crippen LogP contribution in [0.1, 0.15) is 13.8 Å². The van der Waals surface area contributed by atoms with Gasteiger partial charge in [0.25, 0.3) is 0 Å². The van der Waals surface area contributed by atoms with E-state index in [0.29, 0.717) is 0 Å². The van der Waals surface area contributed by atoms with E-state index in [4.69, 9.17) is 4.55 Å². The first kappa shape index (κ1) is 33.7. The molecular weight excluding hydrogens is 539 g/mol. The first-order valence-corrected chi connectivity index (χ1v) is 12.0. The van der Waals surface area contributed by atoms with Crippen molar-refractivity contribution in [2.45, 2.75) is 46.9 Å². The molecule has 0 heterocycles. The maximum Gasteiger partial charge on any atom is 0.460 e. The first-order valence-electron chi connectivity index (χ1n) is 10.00. The Labute approximate surface area is 211 Å². The summed E-state index contributed by atoms with van der Waals surface area (Å²) in [7, 11) is -0.117. The van der Waals surface area contributed by atoms with E-state index in [2.05, 4.69) is 61.7 Å². The number of halogens is 9. The lowest BCUT2D eigenvalue weighted by atomic mass is 10.1. The van der Waals surface area contributed by atoms with Gasteiger partial charge in [0.1, 0.15) is 0 Å². The molecule has 2 aromatic carbocycles. The summed E-state index contributed by atoms with van der Waals surface area (Å²) in [5.41, 5.74) is 0. The van der Waals surface area contributed by atoms with Gasteiger partial charge in [0.15, 0.2) is 14.7 Å². The highest BCUT2D eigenvalue weighted by Gasteiger charge is 2.82. The third kappa shape index (κ3) is 8.10. The Hall–Kier alpha value is -2.31. The average molecular weight is 564 g/mol. The molecule has 2 rings (SSSR count). The molecular formula is C24H24F9OS2+. The molecule has 0 unspecified atom stereocenters. The number of alkyl halides is 9. The molecule has 1 N–H and O–H groups in total. The molecule has 0 radical (unpaired) electrons. The largest absolute Gasteiger partial charge is 0.460 e. The zero-order valence-corrected chi connectivity index (χ0v) is 20.7. The molecule has 0 amide bonds. The van der Waals surface area contributed by atoms with Crippen LogP contribution in [0.5, 0.6) is 0 Å². The van der Waals surface area contributed by atoms with Crippen LogP contribution in [0.4, 0.5) is 39.5 Å². The van der Waals surface area contributed by atoms with E-state index in [1.165, 1.54) is 14.7 Å². The minimum Gasteiger partial charge on any atom is -0.325 e. The summed E-state index contributed by atoms with van der Waals surface area (Å²) in [5.74, 6) is -13.7. The summed E-state index contributed by atoms with van der Waals surface area (Å²) in [6.45, 7) is 11.7. The normalized spacial score (nSPS) is 12.6. The molecule has 0 spiro atoms. The SMILES string of the molecule is C=C/C=C(\C=C)[S+](c1ccccc1)c1ccccc1.CC.OSC(F)(F)C(F)(F)C(F)(F)C(F)(F)F. The van der Waals surface area contributed by atoms with E-state index in [9.17, 15) is 39.5 Å². The van der Waals surface area contributed by atoms with E-state index in [1.54, 1.807) is 0 Å². The maximum absolute atomic E-state index is 12.1. The Balaban J connectivity index is 0.000000655. The van der Waals surface area contributed by atoms with Crippen molar-refractivity contribution >= 4 is 22.9 Å². The highest BCUT2D eigenvalue weighted by Crippen LogP contribution is 2.55. The van der Waals surface area contributed by atoms with E-state index in [0.717, 1.165) is 0 Å². The predicted molar refractivity (Wildman–Crippen MR) is 128 cm³/mol. The van der Waals surface area contributed by atoms with Gasteiger partial charge < -0.3 is 4.55 Å². The van der Waals surface area contributed by atoms with Crippen LogP contribution in [0.2, 0.25) is 0 Å². The summed E-state index contributed by atoms with van der Waals surface area (Å²) in [5, 5.41) is -5.95. The lowest BCUT2D eigenvalue weighted by molar-refractivity contribution is -0.381. The maximum atomic E-state index is 12.1. The van der Waals surface area contributed by atoms with Gasteiger partial charge in [-0.05, 0) is 36.4 Å². The summed E-state index contributed by atoms with van der Waals surface area (Å²) < 4.78 is 113. The second kappa shape index (κ2) is 14.4. The summed E-state index contributed by atoms with van der Waals surface area (Å²) in [6, 6.07) is 21.0. The molecule has 0 aliphatic rings. The topological polar surface area (TPSA) is 20.2 Å². The number of allylic oxidation sites excluding steroid dienone is 3. The summed E-state index contributed by atoms with van der Waals surface area (Å²) >= 11 is -2.09. The fraction of sp³-hybridized carbons (Fsp3) is 0.250. The number of hydrogen-bond donors (Lipinski definition) is 1. The van der Waals surface area contributed by atoms with Gasteiger partial charge in [0.2, 0.25) is 0 Å². The molecule has 12 heteroatoms. The standard InChI is InChI=1S/C18H17S.C4HF9OS.C2H6/c1-3-11-16(4-2)19(17-12-7-5-8-13-17)18-14-9-6-10-15-18;5-1(6,3(9,10)11)2(7,8)4(12,13)15-14;1-2/h3-15H,1-2H2;14H;1-2H3/q+1;;/b16-11+;;. The molecule has 0 saturated heterocycles. The van der Waals surface area contributed by atoms with Crippen molar-refractivity contribution in [2.24, 2.45) is 0 Å². The Morgan fingerprint density at radius 2 is 1.14 bits per heavy atom. The average Bonchev–Trinajstić information content (AvgIpc) is 2.85. The fourth-order valence-electron chi connectivity index (χ4n) is 2.28. The number of rotatable bonds is 8. The van der Waals surface area contributed by atoms with Gasteiger partial charge in [-0.2, -0.15) is 39.5 Å².